The van der Waals surface area contributed by atoms with Crippen LogP contribution in [0.25, 0.3) is 22.4 Å². The van der Waals surface area contributed by atoms with Crippen LogP contribution in [0.2, 0.25) is 0 Å². The molecular weight excluding hydrogens is 499 g/mol. The zero-order valence-electron chi connectivity index (χ0n) is 19.5. The number of hydrogen-bond donors (Lipinski definition) is 1. The van der Waals surface area contributed by atoms with Crippen LogP contribution in [-0.2, 0) is 11.0 Å². The molecule has 37 heavy (non-hydrogen) atoms. The Kier molecular flexibility index (Phi) is 7.80. The molecule has 0 aliphatic carbocycles. The van der Waals surface area contributed by atoms with E-state index in [0.29, 0.717) is 27.6 Å². The topological polar surface area (TPSA) is 75.0 Å². The second-order valence-electron chi connectivity index (χ2n) is 7.86. The number of halogens is 3. The van der Waals surface area contributed by atoms with Crippen molar-refractivity contribution in [2.45, 2.75) is 11.2 Å². The molecule has 4 rings (SSSR count). The van der Waals surface area contributed by atoms with Gasteiger partial charge in [-0.05, 0) is 54.1 Å². The summed E-state index contributed by atoms with van der Waals surface area (Å²) in [5, 5.41) is 12.8. The molecule has 5 nitrogen and oxygen atoms in total. The quantitative estimate of drug-likeness (QED) is 0.265. The Morgan fingerprint density at radius 1 is 1.00 bits per heavy atom. The smallest absolute Gasteiger partial charge is 0.416 e. The van der Waals surface area contributed by atoms with E-state index in [1.807, 2.05) is 48.5 Å². The Bertz CT molecular complexity index is 1450. The summed E-state index contributed by atoms with van der Waals surface area (Å²) in [5.41, 5.74) is 2.34. The molecule has 0 bridgehead atoms. The van der Waals surface area contributed by atoms with Crippen molar-refractivity contribution in [1.29, 1.82) is 5.26 Å². The van der Waals surface area contributed by atoms with Crippen molar-refractivity contribution >= 4 is 23.4 Å². The molecule has 1 amide bonds. The summed E-state index contributed by atoms with van der Waals surface area (Å²) >= 11 is 1.04. The maximum absolute atomic E-state index is 13.0. The van der Waals surface area contributed by atoms with Gasteiger partial charge in [0, 0.05) is 16.8 Å². The summed E-state index contributed by atoms with van der Waals surface area (Å²) in [6.07, 6.45) is -4.52. The maximum atomic E-state index is 13.0. The van der Waals surface area contributed by atoms with E-state index in [4.69, 9.17) is 4.74 Å². The summed E-state index contributed by atoms with van der Waals surface area (Å²) in [7, 11) is 1.57. The second-order valence-corrected chi connectivity index (χ2v) is 8.82. The van der Waals surface area contributed by atoms with Gasteiger partial charge >= 0.3 is 6.18 Å². The third kappa shape index (κ3) is 6.29. The zero-order valence-corrected chi connectivity index (χ0v) is 20.4. The lowest BCUT2D eigenvalue weighted by atomic mass is 9.99. The fourth-order valence-corrected chi connectivity index (χ4v) is 4.40. The number of hydrogen-bond acceptors (Lipinski definition) is 5. The van der Waals surface area contributed by atoms with Gasteiger partial charge in [0.1, 0.15) is 16.8 Å². The molecule has 1 heterocycles. The van der Waals surface area contributed by atoms with E-state index in [-0.39, 0.29) is 11.4 Å². The number of pyridine rings is 1. The van der Waals surface area contributed by atoms with E-state index in [2.05, 4.69) is 16.4 Å². The standard InChI is InChI=1S/C28H20F3N3O2S/c1-36-22-12-10-19(11-13-22)25-15-23(18-6-3-2-4-7-18)24(16-32)27(34-25)37-17-26(35)33-21-9-5-8-20(14-21)28(29,30)31/h2-15H,17H2,1H3,(H,33,35). The van der Waals surface area contributed by atoms with Crippen LogP contribution in [0, 0.1) is 11.3 Å². The van der Waals surface area contributed by atoms with Crippen LogP contribution in [-0.4, -0.2) is 23.8 Å². The van der Waals surface area contributed by atoms with Gasteiger partial charge in [-0.15, -0.1) is 0 Å². The van der Waals surface area contributed by atoms with Gasteiger partial charge in [0.15, 0.2) is 0 Å². The highest BCUT2D eigenvalue weighted by atomic mass is 32.2. The summed E-state index contributed by atoms with van der Waals surface area (Å²) in [4.78, 5) is 17.2. The Hall–Kier alpha value is -4.29. The molecule has 1 N–H and O–H groups in total. The Balaban J connectivity index is 1.64. The van der Waals surface area contributed by atoms with Gasteiger partial charge in [-0.3, -0.25) is 4.79 Å². The minimum absolute atomic E-state index is 0.0332. The second kappa shape index (κ2) is 11.2. The number of methoxy groups -OCH3 is 1. The van der Waals surface area contributed by atoms with Crippen molar-refractivity contribution in [3.05, 3.63) is 96.1 Å². The highest BCUT2D eigenvalue weighted by Crippen LogP contribution is 2.35. The van der Waals surface area contributed by atoms with Crippen LogP contribution in [0.3, 0.4) is 0 Å². The van der Waals surface area contributed by atoms with E-state index < -0.39 is 17.6 Å². The van der Waals surface area contributed by atoms with E-state index in [1.54, 1.807) is 19.2 Å². The number of ether oxygens (including phenoxy) is 1. The number of benzene rings is 3. The number of carbonyl (C=O) groups is 1. The first-order valence-electron chi connectivity index (χ1n) is 11.0. The number of thioether (sulfide) groups is 1. The molecule has 9 heteroatoms. The van der Waals surface area contributed by atoms with Crippen LogP contribution in [0.15, 0.2) is 90.0 Å². The number of alkyl halides is 3. The molecule has 0 radical (unpaired) electrons. The molecule has 0 aliphatic rings. The van der Waals surface area contributed by atoms with Crippen molar-refractivity contribution in [2.24, 2.45) is 0 Å². The van der Waals surface area contributed by atoms with Crippen LogP contribution >= 0.6 is 11.8 Å². The van der Waals surface area contributed by atoms with Gasteiger partial charge in [-0.2, -0.15) is 18.4 Å². The molecule has 0 spiro atoms. The third-order valence-electron chi connectivity index (χ3n) is 5.38. The molecule has 0 atom stereocenters. The van der Waals surface area contributed by atoms with Crippen LogP contribution in [0.5, 0.6) is 5.75 Å². The normalized spacial score (nSPS) is 11.0. The van der Waals surface area contributed by atoms with Gasteiger partial charge in [0.05, 0.1) is 29.7 Å². The maximum Gasteiger partial charge on any atom is 0.416 e. The molecule has 4 aromatic rings. The predicted octanol–water partition coefficient (Wildman–Crippen LogP) is 7.05. The molecule has 0 fully saturated rings. The van der Waals surface area contributed by atoms with E-state index in [0.717, 1.165) is 35.0 Å². The number of nitriles is 1. The van der Waals surface area contributed by atoms with E-state index in [1.165, 1.54) is 12.1 Å². The number of anilines is 1. The molecule has 186 valence electrons. The first-order valence-corrected chi connectivity index (χ1v) is 12.0. The minimum Gasteiger partial charge on any atom is -0.497 e. The lowest BCUT2D eigenvalue weighted by Gasteiger charge is -2.13. The number of rotatable bonds is 7. The Morgan fingerprint density at radius 2 is 1.73 bits per heavy atom. The van der Waals surface area contributed by atoms with Crippen LogP contribution in [0.1, 0.15) is 11.1 Å². The van der Waals surface area contributed by atoms with Crippen molar-refractivity contribution in [3.8, 4) is 34.2 Å². The SMILES string of the molecule is COc1ccc(-c2cc(-c3ccccc3)c(C#N)c(SCC(=O)Nc3cccc(C(F)(F)F)c3)n2)cc1. The lowest BCUT2D eigenvalue weighted by molar-refractivity contribution is -0.137. The minimum atomic E-state index is -4.52. The number of aromatic nitrogens is 1. The van der Waals surface area contributed by atoms with Gasteiger partial charge < -0.3 is 10.1 Å². The summed E-state index contributed by atoms with van der Waals surface area (Å²) in [5.74, 6) is 0.00533. The average molecular weight is 520 g/mol. The first-order chi connectivity index (χ1) is 17.8. The average Bonchev–Trinajstić information content (AvgIpc) is 2.91. The van der Waals surface area contributed by atoms with Crippen molar-refractivity contribution in [1.82, 2.24) is 4.98 Å². The van der Waals surface area contributed by atoms with Gasteiger partial charge in [-0.25, -0.2) is 4.98 Å². The summed E-state index contributed by atoms with van der Waals surface area (Å²) in [6, 6.07) is 25.1. The zero-order chi connectivity index (χ0) is 26.4. The molecule has 0 aliphatic heterocycles. The van der Waals surface area contributed by atoms with Gasteiger partial charge in [0.25, 0.3) is 0 Å². The predicted molar refractivity (Wildman–Crippen MR) is 137 cm³/mol. The van der Waals surface area contributed by atoms with Crippen molar-refractivity contribution in [3.63, 3.8) is 0 Å². The highest BCUT2D eigenvalue weighted by Gasteiger charge is 2.30. The number of nitrogens with zero attached hydrogens (tertiary/aromatic N) is 2. The fourth-order valence-electron chi connectivity index (χ4n) is 3.59. The molecular formula is C28H20F3N3O2S. The molecule has 3 aromatic carbocycles. The monoisotopic (exact) mass is 519 g/mol. The molecule has 0 saturated heterocycles. The largest absolute Gasteiger partial charge is 0.497 e. The molecule has 0 unspecified atom stereocenters. The Labute approximate surface area is 215 Å². The number of amides is 1. The molecule has 1 aromatic heterocycles. The van der Waals surface area contributed by atoms with Gasteiger partial charge in [-0.1, -0.05) is 48.2 Å². The van der Waals surface area contributed by atoms with Crippen LogP contribution in [0.4, 0.5) is 18.9 Å². The molecule has 0 saturated carbocycles. The summed E-state index contributed by atoms with van der Waals surface area (Å²) in [6.45, 7) is 0. The van der Waals surface area contributed by atoms with E-state index in [9.17, 15) is 23.2 Å². The first kappa shape index (κ1) is 25.8. The fraction of sp³-hybridized carbons (Fsp3) is 0.107. The third-order valence-corrected chi connectivity index (χ3v) is 6.36. The summed E-state index contributed by atoms with van der Waals surface area (Å²) < 4.78 is 44.2. The van der Waals surface area contributed by atoms with E-state index >= 15 is 0 Å². The number of carbonyl (C=O) groups excluding carboxylic acids is 1. The lowest BCUT2D eigenvalue weighted by Crippen LogP contribution is -2.15. The highest BCUT2D eigenvalue weighted by molar-refractivity contribution is 8.00. The number of nitrogens with one attached hydrogen (secondary N) is 1. The van der Waals surface area contributed by atoms with Crippen molar-refractivity contribution < 1.29 is 22.7 Å². The van der Waals surface area contributed by atoms with Crippen LogP contribution < -0.4 is 10.1 Å². The Morgan fingerprint density at radius 3 is 2.38 bits per heavy atom. The van der Waals surface area contributed by atoms with Crippen molar-refractivity contribution in [2.75, 3.05) is 18.2 Å². The van der Waals surface area contributed by atoms with Gasteiger partial charge in [0.2, 0.25) is 5.91 Å².